The number of rotatable bonds is 2. The Morgan fingerprint density at radius 1 is 1.46 bits per heavy atom. The van der Waals surface area contributed by atoms with Crippen LogP contribution < -0.4 is 0 Å². The van der Waals surface area contributed by atoms with Gasteiger partial charge in [-0.05, 0) is 32.3 Å². The third kappa shape index (κ3) is 6.22. The van der Waals surface area contributed by atoms with E-state index in [1.807, 2.05) is 13.8 Å². The SMILES string of the molecule is CCC(C)=C=CC#CC(C)(O)CC. The quantitative estimate of drug-likeness (QED) is 0.509. The van der Waals surface area contributed by atoms with Crippen molar-refractivity contribution < 1.29 is 5.11 Å². The van der Waals surface area contributed by atoms with E-state index < -0.39 is 5.60 Å². The number of hydrogen-bond acceptors (Lipinski definition) is 1. The first-order valence-corrected chi connectivity index (χ1v) is 4.67. The molecule has 0 aromatic heterocycles. The Labute approximate surface area is 81.2 Å². The van der Waals surface area contributed by atoms with Gasteiger partial charge in [-0.1, -0.05) is 25.7 Å². The fourth-order valence-corrected chi connectivity index (χ4v) is 0.541. The lowest BCUT2D eigenvalue weighted by molar-refractivity contribution is 0.118. The van der Waals surface area contributed by atoms with E-state index in [0.29, 0.717) is 6.42 Å². The topological polar surface area (TPSA) is 20.2 Å². The molecule has 0 heterocycles. The number of hydrogen-bond donors (Lipinski definition) is 1. The molecule has 0 aromatic carbocycles. The second-order valence-corrected chi connectivity index (χ2v) is 3.32. The van der Waals surface area contributed by atoms with Crippen LogP contribution >= 0.6 is 0 Å². The average Bonchev–Trinajstić information content (AvgIpc) is 2.12. The zero-order valence-electron chi connectivity index (χ0n) is 8.94. The van der Waals surface area contributed by atoms with Gasteiger partial charge in [0, 0.05) is 6.08 Å². The molecule has 0 spiro atoms. The summed E-state index contributed by atoms with van der Waals surface area (Å²) in [4.78, 5) is 0. The van der Waals surface area contributed by atoms with Crippen LogP contribution in [0.4, 0.5) is 0 Å². The van der Waals surface area contributed by atoms with Crippen molar-refractivity contribution in [2.75, 3.05) is 0 Å². The molecule has 0 saturated heterocycles. The fourth-order valence-electron chi connectivity index (χ4n) is 0.541. The van der Waals surface area contributed by atoms with Crippen LogP contribution in [0.25, 0.3) is 0 Å². The lowest BCUT2D eigenvalue weighted by atomic mass is 10.1. The molecule has 1 atom stereocenters. The van der Waals surface area contributed by atoms with Gasteiger partial charge in [-0.25, -0.2) is 0 Å². The maximum Gasteiger partial charge on any atom is 0.122 e. The zero-order valence-corrected chi connectivity index (χ0v) is 8.94. The van der Waals surface area contributed by atoms with E-state index in [9.17, 15) is 5.11 Å². The van der Waals surface area contributed by atoms with Gasteiger partial charge in [-0.15, -0.1) is 5.73 Å². The average molecular weight is 178 g/mol. The highest BCUT2D eigenvalue weighted by Gasteiger charge is 2.11. The van der Waals surface area contributed by atoms with Gasteiger partial charge in [0.05, 0.1) is 0 Å². The van der Waals surface area contributed by atoms with Crippen molar-refractivity contribution in [3.8, 4) is 11.8 Å². The zero-order chi connectivity index (χ0) is 10.3. The predicted molar refractivity (Wildman–Crippen MR) is 56.3 cm³/mol. The number of aliphatic hydroxyl groups is 1. The lowest BCUT2D eigenvalue weighted by Crippen LogP contribution is -2.19. The molecule has 0 aliphatic rings. The van der Waals surface area contributed by atoms with Gasteiger partial charge in [0.1, 0.15) is 5.60 Å². The molecule has 0 saturated carbocycles. The lowest BCUT2D eigenvalue weighted by Gasteiger charge is -2.11. The van der Waals surface area contributed by atoms with Crippen LogP contribution in [0.1, 0.15) is 40.5 Å². The van der Waals surface area contributed by atoms with Crippen molar-refractivity contribution in [2.45, 2.75) is 46.1 Å². The highest BCUT2D eigenvalue weighted by Crippen LogP contribution is 2.05. The van der Waals surface area contributed by atoms with Gasteiger partial charge in [0.15, 0.2) is 0 Å². The van der Waals surface area contributed by atoms with Crippen LogP contribution in [0.5, 0.6) is 0 Å². The van der Waals surface area contributed by atoms with Gasteiger partial charge >= 0.3 is 0 Å². The fraction of sp³-hybridized carbons (Fsp3) is 0.583. The van der Waals surface area contributed by atoms with Gasteiger partial charge in [-0.3, -0.25) is 0 Å². The third-order valence-electron chi connectivity index (χ3n) is 1.95. The van der Waals surface area contributed by atoms with Crippen molar-refractivity contribution in [3.05, 3.63) is 17.4 Å². The maximum absolute atomic E-state index is 9.52. The maximum atomic E-state index is 9.52. The molecule has 0 bridgehead atoms. The third-order valence-corrected chi connectivity index (χ3v) is 1.95. The predicted octanol–water partition coefficient (Wildman–Crippen LogP) is 2.66. The number of allylic oxidation sites excluding steroid dienone is 1. The Hall–Kier alpha value is -0.960. The molecule has 72 valence electrons. The van der Waals surface area contributed by atoms with E-state index in [1.165, 1.54) is 5.57 Å². The Morgan fingerprint density at radius 3 is 2.54 bits per heavy atom. The molecular formula is C12H18O. The minimum atomic E-state index is -0.863. The molecule has 1 nitrogen and oxygen atoms in total. The minimum Gasteiger partial charge on any atom is -0.378 e. The van der Waals surface area contributed by atoms with Crippen LogP contribution in [0, 0.1) is 11.8 Å². The molecule has 0 aromatic rings. The van der Waals surface area contributed by atoms with Crippen molar-refractivity contribution in [1.82, 2.24) is 0 Å². The molecule has 0 aliphatic carbocycles. The summed E-state index contributed by atoms with van der Waals surface area (Å²) < 4.78 is 0. The van der Waals surface area contributed by atoms with E-state index in [2.05, 4.69) is 24.5 Å². The summed E-state index contributed by atoms with van der Waals surface area (Å²) in [6.45, 7) is 7.71. The molecule has 1 heteroatoms. The van der Waals surface area contributed by atoms with Gasteiger partial charge < -0.3 is 5.11 Å². The Morgan fingerprint density at radius 2 is 2.08 bits per heavy atom. The van der Waals surface area contributed by atoms with Gasteiger partial charge in [0.2, 0.25) is 0 Å². The van der Waals surface area contributed by atoms with E-state index >= 15 is 0 Å². The smallest absolute Gasteiger partial charge is 0.122 e. The van der Waals surface area contributed by atoms with Crippen LogP contribution in [0.3, 0.4) is 0 Å². The summed E-state index contributed by atoms with van der Waals surface area (Å²) in [7, 11) is 0. The molecule has 13 heavy (non-hydrogen) atoms. The summed E-state index contributed by atoms with van der Waals surface area (Å²) in [6.07, 6.45) is 3.30. The summed E-state index contributed by atoms with van der Waals surface area (Å²) in [5.41, 5.74) is 3.34. The van der Waals surface area contributed by atoms with Crippen LogP contribution in [-0.4, -0.2) is 10.7 Å². The van der Waals surface area contributed by atoms with E-state index in [4.69, 9.17) is 0 Å². The monoisotopic (exact) mass is 178 g/mol. The van der Waals surface area contributed by atoms with Crippen LogP contribution in [0.2, 0.25) is 0 Å². The molecule has 0 aliphatic heterocycles. The molecule has 0 rings (SSSR count). The molecule has 1 N–H and O–H groups in total. The molecule has 1 unspecified atom stereocenters. The summed E-state index contributed by atoms with van der Waals surface area (Å²) in [5, 5.41) is 9.52. The molecule has 0 fully saturated rings. The normalized spacial score (nSPS) is 13.3. The first kappa shape index (κ1) is 12.0. The second-order valence-electron chi connectivity index (χ2n) is 3.32. The minimum absolute atomic E-state index is 0.643. The van der Waals surface area contributed by atoms with Crippen LogP contribution in [0.15, 0.2) is 17.4 Å². The van der Waals surface area contributed by atoms with E-state index in [1.54, 1.807) is 13.0 Å². The summed E-state index contributed by atoms with van der Waals surface area (Å²) in [5.74, 6) is 5.55. The first-order valence-electron chi connectivity index (χ1n) is 4.67. The highest BCUT2D eigenvalue weighted by molar-refractivity contribution is 5.21. The van der Waals surface area contributed by atoms with E-state index in [0.717, 1.165) is 6.42 Å². The summed E-state index contributed by atoms with van der Waals surface area (Å²) in [6, 6.07) is 0. The van der Waals surface area contributed by atoms with Crippen LogP contribution in [-0.2, 0) is 0 Å². The molecular weight excluding hydrogens is 160 g/mol. The van der Waals surface area contributed by atoms with Crippen molar-refractivity contribution >= 4 is 0 Å². The van der Waals surface area contributed by atoms with Crippen molar-refractivity contribution in [1.29, 1.82) is 0 Å². The first-order chi connectivity index (χ1) is 6.02. The summed E-state index contributed by atoms with van der Waals surface area (Å²) >= 11 is 0. The van der Waals surface area contributed by atoms with Gasteiger partial charge in [0.25, 0.3) is 0 Å². The van der Waals surface area contributed by atoms with E-state index in [-0.39, 0.29) is 0 Å². The highest BCUT2D eigenvalue weighted by atomic mass is 16.3. The van der Waals surface area contributed by atoms with Crippen molar-refractivity contribution in [3.63, 3.8) is 0 Å². The Kier molecular flexibility index (Phi) is 5.23. The molecule has 0 amide bonds. The van der Waals surface area contributed by atoms with Gasteiger partial charge in [-0.2, -0.15) is 0 Å². The Bertz CT molecular complexity index is 267. The second kappa shape index (κ2) is 5.65. The largest absolute Gasteiger partial charge is 0.378 e. The standard InChI is InChI=1S/C12H18O/c1-5-11(3)9-7-8-10-12(4,13)6-2/h7,13H,5-6H2,1-4H3. The Balaban J connectivity index is 4.38. The van der Waals surface area contributed by atoms with Crippen molar-refractivity contribution in [2.24, 2.45) is 0 Å². The molecule has 0 radical (unpaired) electrons.